The second kappa shape index (κ2) is 11.1. The lowest BCUT2D eigenvalue weighted by molar-refractivity contribution is -0.122. The normalized spacial score (nSPS) is 15.0. The quantitative estimate of drug-likeness (QED) is 0.333. The van der Waals surface area contributed by atoms with Crippen LogP contribution >= 0.6 is 11.6 Å². The molecule has 4 aromatic rings. The van der Waals surface area contributed by atoms with Gasteiger partial charge in [-0.05, 0) is 76.9 Å². The Morgan fingerprint density at radius 3 is 2.51 bits per heavy atom. The van der Waals surface area contributed by atoms with E-state index in [-0.39, 0.29) is 36.6 Å². The van der Waals surface area contributed by atoms with Gasteiger partial charge in [-0.3, -0.25) is 14.6 Å². The molecule has 0 spiro atoms. The Hall–Kier alpha value is -4.49. The zero-order valence-corrected chi connectivity index (χ0v) is 21.9. The van der Waals surface area contributed by atoms with Crippen LogP contribution in [0.4, 0.5) is 0 Å². The van der Waals surface area contributed by atoms with Crippen molar-refractivity contribution in [2.24, 2.45) is 0 Å². The zero-order chi connectivity index (χ0) is 27.5. The summed E-state index contributed by atoms with van der Waals surface area (Å²) in [6.07, 6.45) is 1.99. The van der Waals surface area contributed by atoms with Gasteiger partial charge in [0.2, 0.25) is 0 Å². The molecule has 1 aliphatic heterocycles. The predicted octanol–water partition coefficient (Wildman–Crippen LogP) is 5.49. The zero-order valence-electron chi connectivity index (χ0n) is 21.1. The van der Waals surface area contributed by atoms with E-state index in [4.69, 9.17) is 16.3 Å². The molecule has 5 rings (SSSR count). The van der Waals surface area contributed by atoms with Crippen molar-refractivity contribution in [3.63, 3.8) is 0 Å². The number of ether oxygens (including phenoxy) is 1. The van der Waals surface area contributed by atoms with Gasteiger partial charge in [-0.1, -0.05) is 35.9 Å². The van der Waals surface area contributed by atoms with Crippen molar-refractivity contribution < 1.29 is 24.2 Å². The first-order valence-electron chi connectivity index (χ1n) is 12.4. The number of methoxy groups -OCH3 is 1. The number of pyridine rings is 1. The van der Waals surface area contributed by atoms with Crippen molar-refractivity contribution >= 4 is 29.3 Å². The summed E-state index contributed by atoms with van der Waals surface area (Å²) in [4.78, 5) is 45.4. The van der Waals surface area contributed by atoms with E-state index in [9.17, 15) is 19.5 Å². The minimum absolute atomic E-state index is 0.0741. The van der Waals surface area contributed by atoms with Crippen molar-refractivity contribution in [2.75, 3.05) is 7.11 Å². The van der Waals surface area contributed by atoms with Crippen LogP contribution in [-0.2, 0) is 24.2 Å². The number of carboxylic acid groups (broad SMARTS) is 1. The minimum Gasteiger partial charge on any atom is -0.497 e. The summed E-state index contributed by atoms with van der Waals surface area (Å²) < 4.78 is 5.23. The number of carbonyl (C=O) groups excluding carboxylic acids is 2. The molecule has 196 valence electrons. The van der Waals surface area contributed by atoms with Gasteiger partial charge in [0, 0.05) is 41.9 Å². The molecule has 8 heteroatoms. The molecular formula is C31H25ClN2O5. The number of hydrogen-bond acceptors (Lipinski definition) is 5. The maximum absolute atomic E-state index is 13.9. The second-order valence-corrected chi connectivity index (χ2v) is 9.77. The lowest BCUT2D eigenvalue weighted by Gasteiger charge is -2.29. The fourth-order valence-corrected chi connectivity index (χ4v) is 5.09. The third kappa shape index (κ3) is 5.54. The van der Waals surface area contributed by atoms with Gasteiger partial charge in [0.25, 0.3) is 5.91 Å². The number of amides is 1. The van der Waals surface area contributed by atoms with Crippen LogP contribution in [0, 0.1) is 0 Å². The molecule has 2 heterocycles. The van der Waals surface area contributed by atoms with E-state index in [1.165, 1.54) is 6.07 Å². The van der Waals surface area contributed by atoms with E-state index in [1.54, 1.807) is 78.9 Å². The van der Waals surface area contributed by atoms with E-state index in [0.29, 0.717) is 44.3 Å². The molecule has 0 fully saturated rings. The first kappa shape index (κ1) is 26.1. The van der Waals surface area contributed by atoms with Crippen LogP contribution in [0.3, 0.4) is 0 Å². The van der Waals surface area contributed by atoms with E-state index >= 15 is 0 Å². The molecule has 3 aromatic carbocycles. The van der Waals surface area contributed by atoms with Gasteiger partial charge in [-0.15, -0.1) is 0 Å². The first-order chi connectivity index (χ1) is 18.8. The number of halogens is 1. The van der Waals surface area contributed by atoms with Crippen molar-refractivity contribution in [1.29, 1.82) is 0 Å². The Balaban J connectivity index is 1.57. The Bertz CT molecular complexity index is 1550. The van der Waals surface area contributed by atoms with Crippen LogP contribution in [0.15, 0.2) is 85.1 Å². The molecule has 0 saturated carbocycles. The van der Waals surface area contributed by atoms with E-state index < -0.39 is 12.0 Å². The molecule has 0 saturated heterocycles. The van der Waals surface area contributed by atoms with Crippen LogP contribution in [0.5, 0.6) is 5.75 Å². The number of Topliss-reactive ketones (excluding diaryl/α,β-unsaturated/α-hetero) is 1. The molecule has 7 nitrogen and oxygen atoms in total. The average molecular weight is 541 g/mol. The monoisotopic (exact) mass is 540 g/mol. The molecule has 0 unspecified atom stereocenters. The molecule has 1 N–H and O–H groups in total. The lowest BCUT2D eigenvalue weighted by atomic mass is 9.96. The van der Waals surface area contributed by atoms with E-state index in [2.05, 4.69) is 4.98 Å². The highest BCUT2D eigenvalue weighted by Gasteiger charge is 2.36. The summed E-state index contributed by atoms with van der Waals surface area (Å²) in [7, 11) is 1.56. The van der Waals surface area contributed by atoms with E-state index in [0.717, 1.165) is 0 Å². The smallest absolute Gasteiger partial charge is 0.336 e. The summed E-state index contributed by atoms with van der Waals surface area (Å²) >= 11 is 6.19. The van der Waals surface area contributed by atoms with Gasteiger partial charge in [-0.25, -0.2) is 4.79 Å². The molecule has 0 bridgehead atoms. The number of nitrogens with zero attached hydrogens (tertiary/aromatic N) is 2. The van der Waals surface area contributed by atoms with Crippen molar-refractivity contribution in [1.82, 2.24) is 9.88 Å². The number of aromatic nitrogens is 1. The molecule has 1 amide bonds. The number of hydrogen-bond donors (Lipinski definition) is 1. The van der Waals surface area contributed by atoms with Gasteiger partial charge in [0.05, 0.1) is 18.7 Å². The Morgan fingerprint density at radius 1 is 1.03 bits per heavy atom. The van der Waals surface area contributed by atoms with Crippen molar-refractivity contribution in [3.8, 4) is 16.9 Å². The van der Waals surface area contributed by atoms with Crippen LogP contribution in [0.25, 0.3) is 11.1 Å². The summed E-state index contributed by atoms with van der Waals surface area (Å²) in [6, 6.07) is 21.7. The molecular weight excluding hydrogens is 516 g/mol. The first-order valence-corrected chi connectivity index (χ1v) is 12.7. The number of carboxylic acids is 1. The minimum atomic E-state index is -1.06. The molecule has 39 heavy (non-hydrogen) atoms. The van der Waals surface area contributed by atoms with Crippen LogP contribution in [0.2, 0.25) is 5.02 Å². The van der Waals surface area contributed by atoms with Gasteiger partial charge in [0.1, 0.15) is 5.75 Å². The average Bonchev–Trinajstić information content (AvgIpc) is 3.03. The third-order valence-electron chi connectivity index (χ3n) is 6.87. The highest BCUT2D eigenvalue weighted by Crippen LogP contribution is 2.30. The van der Waals surface area contributed by atoms with Crippen molar-refractivity contribution in [2.45, 2.75) is 25.4 Å². The summed E-state index contributed by atoms with van der Waals surface area (Å²) in [6.45, 7) is 0.104. The molecule has 1 atom stereocenters. The summed E-state index contributed by atoms with van der Waals surface area (Å²) in [5, 5.41) is 10.3. The number of benzene rings is 3. The van der Waals surface area contributed by atoms with Crippen molar-refractivity contribution in [3.05, 3.63) is 118 Å². The summed E-state index contributed by atoms with van der Waals surface area (Å²) in [5.41, 5.74) is 3.73. The predicted molar refractivity (Wildman–Crippen MR) is 147 cm³/mol. The van der Waals surface area contributed by atoms with E-state index in [1.807, 2.05) is 12.1 Å². The van der Waals surface area contributed by atoms with Crippen LogP contribution < -0.4 is 4.74 Å². The SMILES string of the molecule is COc1ccc(-c2cc(CN3C(=O)c4ccc(Cl)cc4CC(=O)[C@H]3Cc3ccccn3)ccc2C(=O)O)cc1. The summed E-state index contributed by atoms with van der Waals surface area (Å²) in [5.74, 6) is -0.821. The highest BCUT2D eigenvalue weighted by molar-refractivity contribution is 6.30. The number of aromatic carboxylic acids is 1. The van der Waals surface area contributed by atoms with Gasteiger partial charge < -0.3 is 14.7 Å². The largest absolute Gasteiger partial charge is 0.497 e. The maximum Gasteiger partial charge on any atom is 0.336 e. The van der Waals surface area contributed by atoms with Gasteiger partial charge >= 0.3 is 5.97 Å². The third-order valence-corrected chi connectivity index (χ3v) is 7.10. The maximum atomic E-state index is 13.9. The van der Waals surface area contributed by atoms with Crippen LogP contribution in [0.1, 0.15) is 37.5 Å². The lowest BCUT2D eigenvalue weighted by Crippen LogP contribution is -2.45. The molecule has 0 radical (unpaired) electrons. The molecule has 1 aromatic heterocycles. The Kier molecular flexibility index (Phi) is 7.43. The molecule has 0 aliphatic carbocycles. The highest BCUT2D eigenvalue weighted by atomic mass is 35.5. The number of rotatable bonds is 7. The standard InChI is InChI=1S/C31H25ClN2O5/c1-39-24-9-6-20(7-10-24)27-14-19(5-11-26(27)31(37)38)18-34-28(17-23-4-2-3-13-33-23)29(35)16-21-15-22(32)8-12-25(21)30(34)36/h2-15,28H,16-18H2,1H3,(H,37,38)/t28-/m1/s1. The topological polar surface area (TPSA) is 96.8 Å². The van der Waals surface area contributed by atoms with Gasteiger partial charge in [-0.2, -0.15) is 0 Å². The molecule has 1 aliphatic rings. The van der Waals surface area contributed by atoms with Crippen LogP contribution in [-0.4, -0.2) is 45.8 Å². The second-order valence-electron chi connectivity index (χ2n) is 9.33. The Labute approximate surface area is 230 Å². The van der Waals surface area contributed by atoms with Gasteiger partial charge in [0.15, 0.2) is 5.78 Å². The number of ketones is 1. The Morgan fingerprint density at radius 2 is 1.82 bits per heavy atom. The number of carbonyl (C=O) groups is 3. The fraction of sp³-hybridized carbons (Fsp3) is 0.161. The fourth-order valence-electron chi connectivity index (χ4n) is 4.90. The number of fused-ring (bicyclic) bond motifs is 1.